The first-order valence-electron chi connectivity index (χ1n) is 7.63. The number of ether oxygens (including phenoxy) is 2. The Morgan fingerprint density at radius 2 is 1.72 bits per heavy atom. The van der Waals surface area contributed by atoms with Gasteiger partial charge in [0.2, 0.25) is 0 Å². The summed E-state index contributed by atoms with van der Waals surface area (Å²) in [5, 5.41) is 10.2. The fraction of sp³-hybridized carbons (Fsp3) is 0.158. The predicted octanol–water partition coefficient (Wildman–Crippen LogP) is 5.11. The third-order valence-corrected chi connectivity index (χ3v) is 4.87. The molecule has 4 nitrogen and oxygen atoms in total. The topological polar surface area (TPSA) is 44.2 Å². The van der Waals surface area contributed by atoms with Crippen LogP contribution < -0.4 is 9.47 Å². The lowest BCUT2D eigenvalue weighted by Crippen LogP contribution is -1.94. The van der Waals surface area contributed by atoms with Crippen molar-refractivity contribution in [1.29, 1.82) is 0 Å². The zero-order valence-corrected chi connectivity index (χ0v) is 15.5. The summed E-state index contributed by atoms with van der Waals surface area (Å²) in [6, 6.07) is 17.3. The number of aromatic nitrogens is 2. The maximum absolute atomic E-state index is 5.90. The molecule has 0 spiro atoms. The van der Waals surface area contributed by atoms with E-state index in [2.05, 4.69) is 10.2 Å². The molecule has 1 aromatic heterocycles. The minimum absolute atomic E-state index is 0.733. The Kier molecular flexibility index (Phi) is 5.79. The van der Waals surface area contributed by atoms with Gasteiger partial charge in [-0.1, -0.05) is 35.5 Å². The third kappa shape index (κ3) is 4.44. The standard InChI is InChI=1S/C19H17ClN2O2S/c1-23-15-7-9-18(24-2)16(11-15)17-8-10-19(22-21-17)25-12-13-3-5-14(20)6-4-13/h3-11H,12H2,1-2H3. The zero-order chi connectivity index (χ0) is 17.6. The fourth-order valence-electron chi connectivity index (χ4n) is 2.29. The van der Waals surface area contributed by atoms with Crippen LogP contribution in [0, 0.1) is 0 Å². The third-order valence-electron chi connectivity index (χ3n) is 3.62. The number of rotatable bonds is 6. The number of benzene rings is 2. The normalized spacial score (nSPS) is 10.5. The molecule has 0 radical (unpaired) electrons. The summed E-state index contributed by atoms with van der Waals surface area (Å²) in [5.41, 5.74) is 2.78. The number of thioether (sulfide) groups is 1. The molecule has 0 bridgehead atoms. The van der Waals surface area contributed by atoms with E-state index in [9.17, 15) is 0 Å². The van der Waals surface area contributed by atoms with Crippen LogP contribution in [0.3, 0.4) is 0 Å². The highest BCUT2D eigenvalue weighted by Gasteiger charge is 2.10. The van der Waals surface area contributed by atoms with Crippen LogP contribution in [0.25, 0.3) is 11.3 Å². The first-order valence-corrected chi connectivity index (χ1v) is 8.99. The van der Waals surface area contributed by atoms with Gasteiger partial charge >= 0.3 is 0 Å². The Hall–Kier alpha value is -2.24. The lowest BCUT2D eigenvalue weighted by molar-refractivity contribution is 0.404. The lowest BCUT2D eigenvalue weighted by Gasteiger charge is -2.10. The van der Waals surface area contributed by atoms with Crippen LogP contribution >= 0.6 is 23.4 Å². The van der Waals surface area contributed by atoms with E-state index in [0.29, 0.717) is 0 Å². The number of nitrogens with zero attached hydrogens (tertiary/aromatic N) is 2. The van der Waals surface area contributed by atoms with Crippen molar-refractivity contribution in [3.8, 4) is 22.8 Å². The molecule has 25 heavy (non-hydrogen) atoms. The summed E-state index contributed by atoms with van der Waals surface area (Å²) in [6.45, 7) is 0. The predicted molar refractivity (Wildman–Crippen MR) is 102 cm³/mol. The monoisotopic (exact) mass is 372 g/mol. The van der Waals surface area contributed by atoms with Gasteiger partial charge in [-0.05, 0) is 48.0 Å². The van der Waals surface area contributed by atoms with Gasteiger partial charge < -0.3 is 9.47 Å². The molecule has 2 aromatic carbocycles. The van der Waals surface area contributed by atoms with Crippen molar-refractivity contribution in [2.24, 2.45) is 0 Å². The van der Waals surface area contributed by atoms with E-state index in [4.69, 9.17) is 21.1 Å². The molecule has 3 rings (SSSR count). The van der Waals surface area contributed by atoms with Crippen molar-refractivity contribution in [1.82, 2.24) is 10.2 Å². The van der Waals surface area contributed by atoms with Crippen molar-refractivity contribution < 1.29 is 9.47 Å². The van der Waals surface area contributed by atoms with Gasteiger partial charge in [0.1, 0.15) is 16.5 Å². The molecule has 0 fully saturated rings. The van der Waals surface area contributed by atoms with Crippen LogP contribution in [0.4, 0.5) is 0 Å². The summed E-state index contributed by atoms with van der Waals surface area (Å²) in [6.07, 6.45) is 0. The largest absolute Gasteiger partial charge is 0.497 e. The van der Waals surface area contributed by atoms with Crippen LogP contribution in [0.15, 0.2) is 59.6 Å². The van der Waals surface area contributed by atoms with Gasteiger partial charge in [0.15, 0.2) is 0 Å². The molecule has 0 amide bonds. The number of halogens is 1. The molecule has 128 valence electrons. The van der Waals surface area contributed by atoms with E-state index in [0.717, 1.165) is 38.6 Å². The SMILES string of the molecule is COc1ccc(OC)c(-c2ccc(SCc3ccc(Cl)cc3)nn2)c1. The Morgan fingerprint density at radius 1 is 0.920 bits per heavy atom. The number of hydrogen-bond donors (Lipinski definition) is 0. The van der Waals surface area contributed by atoms with E-state index in [-0.39, 0.29) is 0 Å². The van der Waals surface area contributed by atoms with Crippen LogP contribution in [0.5, 0.6) is 11.5 Å². The Balaban J connectivity index is 1.75. The van der Waals surface area contributed by atoms with E-state index < -0.39 is 0 Å². The van der Waals surface area contributed by atoms with Gasteiger partial charge in [-0.3, -0.25) is 0 Å². The second-order valence-corrected chi connectivity index (χ2v) is 6.67. The summed E-state index contributed by atoms with van der Waals surface area (Å²) in [4.78, 5) is 0. The van der Waals surface area contributed by atoms with Crippen LogP contribution in [0.1, 0.15) is 5.56 Å². The van der Waals surface area contributed by atoms with E-state index in [1.807, 2.05) is 54.6 Å². The zero-order valence-electron chi connectivity index (χ0n) is 13.9. The highest BCUT2D eigenvalue weighted by molar-refractivity contribution is 7.98. The van der Waals surface area contributed by atoms with Gasteiger partial charge in [-0.15, -0.1) is 10.2 Å². The van der Waals surface area contributed by atoms with Gasteiger partial charge in [0, 0.05) is 16.3 Å². The first kappa shape index (κ1) is 17.6. The smallest absolute Gasteiger partial charge is 0.128 e. The fourth-order valence-corrected chi connectivity index (χ4v) is 3.19. The molecular weight excluding hydrogens is 356 g/mol. The summed E-state index contributed by atoms with van der Waals surface area (Å²) in [7, 11) is 3.27. The van der Waals surface area contributed by atoms with Gasteiger partial charge in [0.25, 0.3) is 0 Å². The van der Waals surface area contributed by atoms with Gasteiger partial charge in [0.05, 0.1) is 19.9 Å². The molecule has 3 aromatic rings. The molecule has 1 heterocycles. The number of methoxy groups -OCH3 is 2. The Labute approximate surface area is 156 Å². The molecule has 0 atom stereocenters. The van der Waals surface area contributed by atoms with Gasteiger partial charge in [-0.25, -0.2) is 0 Å². The van der Waals surface area contributed by atoms with Gasteiger partial charge in [-0.2, -0.15) is 0 Å². The maximum Gasteiger partial charge on any atom is 0.128 e. The highest BCUT2D eigenvalue weighted by Crippen LogP contribution is 2.32. The summed E-state index contributed by atoms with van der Waals surface area (Å²) in [5.74, 6) is 2.30. The molecular formula is C19H17ClN2O2S. The minimum atomic E-state index is 0.733. The second-order valence-electron chi connectivity index (χ2n) is 5.24. The quantitative estimate of drug-likeness (QED) is 0.563. The molecule has 0 aliphatic rings. The van der Waals surface area contributed by atoms with E-state index in [1.54, 1.807) is 26.0 Å². The summed E-state index contributed by atoms with van der Waals surface area (Å²) >= 11 is 7.53. The molecule has 6 heteroatoms. The van der Waals surface area contributed by atoms with E-state index >= 15 is 0 Å². The lowest BCUT2D eigenvalue weighted by atomic mass is 10.1. The average Bonchev–Trinajstić information content (AvgIpc) is 2.67. The number of hydrogen-bond acceptors (Lipinski definition) is 5. The second kappa shape index (κ2) is 8.23. The van der Waals surface area contributed by atoms with Crippen LogP contribution in [-0.4, -0.2) is 24.4 Å². The Bertz CT molecular complexity index is 839. The molecule has 0 N–H and O–H groups in total. The first-order chi connectivity index (χ1) is 12.2. The van der Waals surface area contributed by atoms with Crippen molar-refractivity contribution in [2.45, 2.75) is 10.8 Å². The van der Waals surface area contributed by atoms with Crippen LogP contribution in [-0.2, 0) is 5.75 Å². The molecule has 0 saturated heterocycles. The minimum Gasteiger partial charge on any atom is -0.497 e. The molecule has 0 unspecified atom stereocenters. The van der Waals surface area contributed by atoms with Crippen molar-refractivity contribution >= 4 is 23.4 Å². The molecule has 0 aliphatic heterocycles. The van der Waals surface area contributed by atoms with E-state index in [1.165, 1.54) is 5.56 Å². The van der Waals surface area contributed by atoms with Crippen LogP contribution in [0.2, 0.25) is 5.02 Å². The maximum atomic E-state index is 5.90. The Morgan fingerprint density at radius 3 is 2.36 bits per heavy atom. The molecule has 0 aliphatic carbocycles. The summed E-state index contributed by atoms with van der Waals surface area (Å²) < 4.78 is 10.7. The highest BCUT2D eigenvalue weighted by atomic mass is 35.5. The van der Waals surface area contributed by atoms with Crippen molar-refractivity contribution in [2.75, 3.05) is 14.2 Å². The van der Waals surface area contributed by atoms with Crippen molar-refractivity contribution in [3.63, 3.8) is 0 Å². The molecule has 0 saturated carbocycles. The van der Waals surface area contributed by atoms with Crippen molar-refractivity contribution in [3.05, 3.63) is 65.2 Å². The average molecular weight is 373 g/mol.